The summed E-state index contributed by atoms with van der Waals surface area (Å²) in [6.45, 7) is 2.07. The number of H-pyrrole nitrogens is 1. The molecule has 0 atom stereocenters. The third-order valence-corrected chi connectivity index (χ3v) is 5.34. The molecule has 9 heteroatoms. The number of aryl methyl sites for hydroxylation is 1. The maximum absolute atomic E-state index is 12.7. The molecule has 4 aromatic rings. The van der Waals surface area contributed by atoms with Crippen molar-refractivity contribution in [1.29, 1.82) is 0 Å². The first-order valence-corrected chi connectivity index (χ1v) is 9.88. The van der Waals surface area contributed by atoms with Gasteiger partial charge in [-0.25, -0.2) is 0 Å². The van der Waals surface area contributed by atoms with Crippen LogP contribution in [0.5, 0.6) is 0 Å². The Bertz CT molecular complexity index is 1210. The van der Waals surface area contributed by atoms with Crippen LogP contribution in [0.2, 0.25) is 0 Å². The van der Waals surface area contributed by atoms with Gasteiger partial charge in [-0.3, -0.25) is 14.9 Å². The van der Waals surface area contributed by atoms with Crippen LogP contribution in [-0.2, 0) is 6.42 Å². The Morgan fingerprint density at radius 2 is 2.07 bits per heavy atom. The minimum Gasteiger partial charge on any atom is -0.411 e. The molecule has 2 aromatic heterocycles. The van der Waals surface area contributed by atoms with Crippen LogP contribution < -0.4 is 0 Å². The van der Waals surface area contributed by atoms with Crippen molar-refractivity contribution in [2.75, 3.05) is 5.75 Å². The summed E-state index contributed by atoms with van der Waals surface area (Å²) >= 11 is 1.13. The number of nitro groups is 1. The van der Waals surface area contributed by atoms with Crippen molar-refractivity contribution in [3.8, 4) is 11.5 Å². The molecule has 0 radical (unpaired) electrons. The number of ketones is 1. The van der Waals surface area contributed by atoms with Crippen molar-refractivity contribution in [3.05, 3.63) is 69.9 Å². The van der Waals surface area contributed by atoms with E-state index in [1.807, 2.05) is 18.2 Å². The zero-order valence-corrected chi connectivity index (χ0v) is 16.2. The maximum atomic E-state index is 12.7. The zero-order valence-electron chi connectivity index (χ0n) is 15.4. The fourth-order valence-corrected chi connectivity index (χ4v) is 3.73. The third-order valence-electron chi connectivity index (χ3n) is 4.52. The Kier molecular flexibility index (Phi) is 5.13. The van der Waals surface area contributed by atoms with E-state index in [0.717, 1.165) is 34.6 Å². The molecule has 0 amide bonds. The summed E-state index contributed by atoms with van der Waals surface area (Å²) in [4.78, 5) is 26.3. The first kappa shape index (κ1) is 18.9. The molecule has 0 unspecified atom stereocenters. The van der Waals surface area contributed by atoms with E-state index >= 15 is 0 Å². The van der Waals surface area contributed by atoms with Gasteiger partial charge >= 0.3 is 0 Å². The Balaban J connectivity index is 1.48. The minimum absolute atomic E-state index is 0.0513. The van der Waals surface area contributed by atoms with Crippen LogP contribution in [0.4, 0.5) is 5.69 Å². The van der Waals surface area contributed by atoms with Crippen LogP contribution in [0.25, 0.3) is 22.4 Å². The van der Waals surface area contributed by atoms with Gasteiger partial charge in [-0.1, -0.05) is 43.0 Å². The highest BCUT2D eigenvalue weighted by molar-refractivity contribution is 7.99. The van der Waals surface area contributed by atoms with Gasteiger partial charge in [0.1, 0.15) is 0 Å². The fourth-order valence-electron chi connectivity index (χ4n) is 3.08. The smallest absolute Gasteiger partial charge is 0.277 e. The Morgan fingerprint density at radius 3 is 2.86 bits per heavy atom. The Morgan fingerprint density at radius 1 is 1.24 bits per heavy atom. The number of aromatic nitrogens is 3. The number of para-hydroxylation sites is 1. The molecular formula is C20H16N4O4S. The Labute approximate surface area is 169 Å². The lowest BCUT2D eigenvalue weighted by atomic mass is 10.1. The van der Waals surface area contributed by atoms with Crippen molar-refractivity contribution >= 4 is 34.1 Å². The molecule has 1 N–H and O–H groups in total. The summed E-state index contributed by atoms with van der Waals surface area (Å²) in [7, 11) is 0. The molecule has 0 aliphatic rings. The number of rotatable bonds is 7. The summed E-state index contributed by atoms with van der Waals surface area (Å²) in [5.74, 6) is 0.257. The molecule has 0 spiro atoms. The molecule has 0 saturated heterocycles. The van der Waals surface area contributed by atoms with E-state index in [4.69, 9.17) is 4.42 Å². The highest BCUT2D eigenvalue weighted by Crippen LogP contribution is 2.28. The van der Waals surface area contributed by atoms with Gasteiger partial charge in [-0.05, 0) is 18.1 Å². The normalized spacial score (nSPS) is 11.1. The van der Waals surface area contributed by atoms with Gasteiger partial charge < -0.3 is 9.40 Å². The number of hydrogen-bond donors (Lipinski definition) is 1. The van der Waals surface area contributed by atoms with Crippen molar-refractivity contribution in [2.24, 2.45) is 0 Å². The minimum atomic E-state index is -0.487. The van der Waals surface area contributed by atoms with E-state index in [1.54, 1.807) is 18.3 Å². The van der Waals surface area contributed by atoms with Crippen LogP contribution in [0.3, 0.4) is 0 Å². The molecule has 0 aliphatic heterocycles. The largest absolute Gasteiger partial charge is 0.411 e. The number of hydrogen-bond acceptors (Lipinski definition) is 7. The summed E-state index contributed by atoms with van der Waals surface area (Å²) in [6.07, 6.45) is 2.61. The first-order chi connectivity index (χ1) is 14.1. The predicted molar refractivity (Wildman–Crippen MR) is 109 cm³/mol. The fraction of sp³-hybridized carbons (Fsp3) is 0.150. The first-order valence-electron chi connectivity index (χ1n) is 8.90. The average molecular weight is 408 g/mol. The average Bonchev–Trinajstić information content (AvgIpc) is 3.39. The number of benzene rings is 2. The van der Waals surface area contributed by atoms with Crippen LogP contribution in [0.15, 0.2) is 58.3 Å². The van der Waals surface area contributed by atoms with E-state index in [9.17, 15) is 14.9 Å². The molecule has 4 rings (SSSR count). The second-order valence-electron chi connectivity index (χ2n) is 6.29. The zero-order chi connectivity index (χ0) is 20.4. The highest BCUT2D eigenvalue weighted by atomic mass is 32.2. The van der Waals surface area contributed by atoms with Gasteiger partial charge in [0.05, 0.1) is 10.7 Å². The van der Waals surface area contributed by atoms with E-state index < -0.39 is 4.92 Å². The third kappa shape index (κ3) is 3.77. The second kappa shape index (κ2) is 7.88. The lowest BCUT2D eigenvalue weighted by molar-refractivity contribution is -0.384. The van der Waals surface area contributed by atoms with Gasteiger partial charge in [0.15, 0.2) is 5.78 Å². The SMILES string of the molecule is CCc1cccc2c(C(=O)CSc3nnc(-c4cccc([N+](=O)[O-])c4)o3)c[nH]c12. The summed E-state index contributed by atoms with van der Waals surface area (Å²) in [6, 6.07) is 11.9. The molecule has 0 fully saturated rings. The molecular weight excluding hydrogens is 392 g/mol. The molecule has 0 saturated carbocycles. The molecule has 2 aromatic carbocycles. The van der Waals surface area contributed by atoms with E-state index in [0.29, 0.717) is 11.1 Å². The van der Waals surface area contributed by atoms with E-state index in [1.165, 1.54) is 12.1 Å². The summed E-state index contributed by atoms with van der Waals surface area (Å²) in [5, 5.41) is 19.9. The molecule has 146 valence electrons. The molecule has 2 heterocycles. The maximum Gasteiger partial charge on any atom is 0.277 e. The number of fused-ring (bicyclic) bond motifs is 1. The number of carbonyl (C=O) groups is 1. The van der Waals surface area contributed by atoms with Gasteiger partial charge in [-0.15, -0.1) is 10.2 Å². The number of carbonyl (C=O) groups excluding carboxylic acids is 1. The monoisotopic (exact) mass is 408 g/mol. The van der Waals surface area contributed by atoms with Crippen LogP contribution in [0, 0.1) is 10.1 Å². The van der Waals surface area contributed by atoms with E-state index in [-0.39, 0.29) is 28.3 Å². The van der Waals surface area contributed by atoms with Gasteiger partial charge in [0, 0.05) is 40.4 Å². The lowest BCUT2D eigenvalue weighted by Crippen LogP contribution is -2.01. The van der Waals surface area contributed by atoms with Crippen molar-refractivity contribution in [2.45, 2.75) is 18.6 Å². The van der Waals surface area contributed by atoms with Crippen LogP contribution in [0.1, 0.15) is 22.8 Å². The van der Waals surface area contributed by atoms with Crippen LogP contribution in [-0.4, -0.2) is 31.6 Å². The lowest BCUT2D eigenvalue weighted by Gasteiger charge is -2.00. The second-order valence-corrected chi connectivity index (χ2v) is 7.21. The van der Waals surface area contributed by atoms with Crippen molar-refractivity contribution in [1.82, 2.24) is 15.2 Å². The van der Waals surface area contributed by atoms with Gasteiger partial charge in [0.2, 0.25) is 5.89 Å². The number of aromatic amines is 1. The topological polar surface area (TPSA) is 115 Å². The summed E-state index contributed by atoms with van der Waals surface area (Å²) in [5.41, 5.74) is 3.16. The van der Waals surface area contributed by atoms with Crippen molar-refractivity contribution in [3.63, 3.8) is 0 Å². The standard InChI is InChI=1S/C20H16N4O4S/c1-2-12-5-4-8-15-16(10-21-18(12)15)17(25)11-29-20-23-22-19(28-20)13-6-3-7-14(9-13)24(26)27/h3-10,21H,2,11H2,1H3. The number of nitrogens with one attached hydrogen (secondary N) is 1. The summed E-state index contributed by atoms with van der Waals surface area (Å²) < 4.78 is 5.55. The van der Waals surface area contributed by atoms with Gasteiger partial charge in [-0.2, -0.15) is 0 Å². The van der Waals surface area contributed by atoms with Crippen LogP contribution >= 0.6 is 11.8 Å². The van der Waals surface area contributed by atoms with E-state index in [2.05, 4.69) is 22.1 Å². The molecule has 29 heavy (non-hydrogen) atoms. The molecule has 8 nitrogen and oxygen atoms in total. The van der Waals surface area contributed by atoms with Crippen molar-refractivity contribution < 1.29 is 14.1 Å². The highest BCUT2D eigenvalue weighted by Gasteiger charge is 2.17. The number of thioether (sulfide) groups is 1. The molecule has 0 aliphatic carbocycles. The number of nitro benzene ring substituents is 1. The number of Topliss-reactive ketones (excluding diaryl/α,β-unsaturated/α-hetero) is 1. The predicted octanol–water partition coefficient (Wildman–Crippen LogP) is 4.66. The number of nitrogens with zero attached hydrogens (tertiary/aromatic N) is 3. The van der Waals surface area contributed by atoms with Gasteiger partial charge in [0.25, 0.3) is 10.9 Å². The molecule has 0 bridgehead atoms. The quantitative estimate of drug-likeness (QED) is 0.205. The number of non-ortho nitro benzene ring substituents is 1. The Hall–Kier alpha value is -3.46.